The van der Waals surface area contributed by atoms with Gasteiger partial charge in [-0.2, -0.15) is 0 Å². The van der Waals surface area contributed by atoms with E-state index in [4.69, 9.17) is 25.8 Å². The molecule has 3 heterocycles. The Morgan fingerprint density at radius 3 is 2.57 bits per heavy atom. The molecule has 0 bridgehead atoms. The summed E-state index contributed by atoms with van der Waals surface area (Å²) >= 11 is 6.42. The second kappa shape index (κ2) is 8.44. The highest BCUT2D eigenvalue weighted by Crippen LogP contribution is 2.40. The standard InChI is InChI=1S/C25H19ClN4O5/c26-18-10-23-22(34-13-35-23)7-15(18)11-30-20-4-3-17(9-21(20)33-12-24(30)31)29-25(32)28-16-2-1-14-5-6-27-19(14)8-16/h1-10,27H,11-13H2,(H2,28,29,32). The van der Waals surface area contributed by atoms with Gasteiger partial charge in [-0.25, -0.2) is 4.79 Å². The van der Waals surface area contributed by atoms with Crippen molar-refractivity contribution in [3.8, 4) is 17.2 Å². The zero-order valence-electron chi connectivity index (χ0n) is 18.3. The van der Waals surface area contributed by atoms with E-state index in [2.05, 4.69) is 15.6 Å². The molecule has 0 saturated heterocycles. The molecule has 1 aromatic heterocycles. The number of amides is 3. The number of hydrogen-bond acceptors (Lipinski definition) is 5. The minimum absolute atomic E-state index is 0.124. The zero-order chi connectivity index (χ0) is 23.9. The first-order valence-electron chi connectivity index (χ1n) is 10.8. The molecule has 6 rings (SSSR count). The molecule has 0 unspecified atom stereocenters. The molecule has 35 heavy (non-hydrogen) atoms. The smallest absolute Gasteiger partial charge is 0.323 e. The van der Waals surface area contributed by atoms with Gasteiger partial charge in [0.1, 0.15) is 5.75 Å². The molecule has 0 fully saturated rings. The Morgan fingerprint density at radius 1 is 0.943 bits per heavy atom. The van der Waals surface area contributed by atoms with Crippen LogP contribution in [0.3, 0.4) is 0 Å². The third-order valence-corrected chi connectivity index (χ3v) is 6.20. The summed E-state index contributed by atoms with van der Waals surface area (Å²) in [5.41, 5.74) is 3.41. The number of carbonyl (C=O) groups is 2. The normalized spacial score (nSPS) is 14.0. The fourth-order valence-electron chi connectivity index (χ4n) is 4.13. The summed E-state index contributed by atoms with van der Waals surface area (Å²) in [7, 11) is 0. The molecule has 3 aromatic carbocycles. The van der Waals surface area contributed by atoms with Crippen LogP contribution >= 0.6 is 11.6 Å². The lowest BCUT2D eigenvalue weighted by Gasteiger charge is -2.30. The molecule has 2 aliphatic heterocycles. The lowest BCUT2D eigenvalue weighted by Crippen LogP contribution is -2.38. The maximum Gasteiger partial charge on any atom is 0.323 e. The Morgan fingerprint density at radius 2 is 1.71 bits per heavy atom. The van der Waals surface area contributed by atoms with Gasteiger partial charge in [0.15, 0.2) is 18.1 Å². The number of benzene rings is 3. The highest BCUT2D eigenvalue weighted by Gasteiger charge is 2.28. The largest absolute Gasteiger partial charge is 0.481 e. The van der Waals surface area contributed by atoms with Crippen molar-refractivity contribution in [2.45, 2.75) is 6.54 Å². The summed E-state index contributed by atoms with van der Waals surface area (Å²) in [6.45, 7) is 0.248. The Labute approximate surface area is 204 Å². The highest BCUT2D eigenvalue weighted by atomic mass is 35.5. The number of aromatic amines is 1. The fraction of sp³-hybridized carbons (Fsp3) is 0.120. The number of aromatic nitrogens is 1. The molecular formula is C25H19ClN4O5. The van der Waals surface area contributed by atoms with E-state index in [1.54, 1.807) is 35.2 Å². The van der Waals surface area contributed by atoms with Crippen molar-refractivity contribution in [2.24, 2.45) is 0 Å². The molecule has 0 atom stereocenters. The van der Waals surface area contributed by atoms with Crippen LogP contribution in [0.5, 0.6) is 17.2 Å². The van der Waals surface area contributed by atoms with E-state index in [-0.39, 0.29) is 25.9 Å². The first-order chi connectivity index (χ1) is 17.0. The molecule has 0 aliphatic carbocycles. The van der Waals surface area contributed by atoms with Crippen molar-refractivity contribution in [3.63, 3.8) is 0 Å². The van der Waals surface area contributed by atoms with E-state index in [0.717, 1.165) is 16.5 Å². The molecule has 2 aliphatic rings. The van der Waals surface area contributed by atoms with Crippen molar-refractivity contribution >= 4 is 51.5 Å². The number of ether oxygens (including phenoxy) is 3. The number of nitrogens with zero attached hydrogens (tertiary/aromatic N) is 1. The number of anilines is 3. The SMILES string of the molecule is O=C(Nc1ccc2c(c1)OCC(=O)N2Cc1cc2c(cc1Cl)OCO2)Nc1ccc2cc[nH]c2c1. The summed E-state index contributed by atoms with van der Waals surface area (Å²) in [6, 6.07) is 15.8. The fourth-order valence-corrected chi connectivity index (χ4v) is 4.34. The minimum Gasteiger partial charge on any atom is -0.481 e. The number of nitrogens with one attached hydrogen (secondary N) is 3. The highest BCUT2D eigenvalue weighted by molar-refractivity contribution is 6.31. The van der Waals surface area contributed by atoms with Crippen molar-refractivity contribution in [1.29, 1.82) is 0 Å². The molecule has 0 radical (unpaired) electrons. The van der Waals surface area contributed by atoms with E-state index < -0.39 is 6.03 Å². The van der Waals surface area contributed by atoms with Crippen LogP contribution in [-0.4, -0.2) is 30.3 Å². The van der Waals surface area contributed by atoms with Crippen LogP contribution in [0.2, 0.25) is 5.02 Å². The molecule has 10 heteroatoms. The van der Waals surface area contributed by atoms with Gasteiger partial charge < -0.3 is 34.7 Å². The third kappa shape index (κ3) is 4.06. The molecule has 0 spiro atoms. The van der Waals surface area contributed by atoms with Crippen LogP contribution in [0, 0.1) is 0 Å². The number of hydrogen-bond donors (Lipinski definition) is 3. The van der Waals surface area contributed by atoms with Crippen LogP contribution in [0.4, 0.5) is 21.9 Å². The number of carbonyl (C=O) groups excluding carboxylic acids is 2. The van der Waals surface area contributed by atoms with Gasteiger partial charge in [0.2, 0.25) is 6.79 Å². The van der Waals surface area contributed by atoms with Gasteiger partial charge in [-0.3, -0.25) is 4.79 Å². The summed E-state index contributed by atoms with van der Waals surface area (Å²) < 4.78 is 16.4. The van der Waals surface area contributed by atoms with Gasteiger partial charge >= 0.3 is 6.03 Å². The first kappa shape index (κ1) is 21.2. The van der Waals surface area contributed by atoms with Gasteiger partial charge in [-0.15, -0.1) is 0 Å². The molecule has 176 valence electrons. The van der Waals surface area contributed by atoms with Gasteiger partial charge in [-0.1, -0.05) is 17.7 Å². The summed E-state index contributed by atoms with van der Waals surface area (Å²) in [5, 5.41) is 7.15. The maximum atomic E-state index is 12.7. The van der Waals surface area contributed by atoms with Crippen LogP contribution < -0.4 is 29.7 Å². The number of H-pyrrole nitrogens is 1. The summed E-state index contributed by atoms with van der Waals surface area (Å²) in [5.74, 6) is 1.44. The van der Waals surface area contributed by atoms with Gasteiger partial charge in [-0.05, 0) is 47.3 Å². The average molecular weight is 491 g/mol. The van der Waals surface area contributed by atoms with E-state index in [9.17, 15) is 9.59 Å². The molecule has 9 nitrogen and oxygen atoms in total. The van der Waals surface area contributed by atoms with Crippen LogP contribution in [-0.2, 0) is 11.3 Å². The second-order valence-corrected chi connectivity index (χ2v) is 8.51. The number of rotatable bonds is 4. The van der Waals surface area contributed by atoms with Crippen LogP contribution in [0.15, 0.2) is 60.8 Å². The minimum atomic E-state index is -0.397. The summed E-state index contributed by atoms with van der Waals surface area (Å²) in [6.07, 6.45) is 1.84. The van der Waals surface area contributed by atoms with Crippen molar-refractivity contribution in [3.05, 3.63) is 71.4 Å². The van der Waals surface area contributed by atoms with Crippen molar-refractivity contribution < 1.29 is 23.8 Å². The van der Waals surface area contributed by atoms with Crippen molar-refractivity contribution in [1.82, 2.24) is 4.98 Å². The Kier molecular flexibility index (Phi) is 5.11. The zero-order valence-corrected chi connectivity index (χ0v) is 19.0. The van der Waals surface area contributed by atoms with Gasteiger partial charge in [0.25, 0.3) is 5.91 Å². The molecule has 3 amide bonds. The lowest BCUT2D eigenvalue weighted by molar-refractivity contribution is -0.121. The van der Waals surface area contributed by atoms with Crippen LogP contribution in [0.25, 0.3) is 10.9 Å². The Bertz CT molecular complexity index is 1480. The van der Waals surface area contributed by atoms with Crippen LogP contribution in [0.1, 0.15) is 5.56 Å². The molecule has 0 saturated carbocycles. The number of halogens is 1. The van der Waals surface area contributed by atoms with E-state index in [1.165, 1.54) is 0 Å². The predicted octanol–water partition coefficient (Wildman–Crippen LogP) is 5.12. The van der Waals surface area contributed by atoms with Gasteiger partial charge in [0, 0.05) is 40.2 Å². The average Bonchev–Trinajstić information content (AvgIpc) is 3.49. The maximum absolute atomic E-state index is 12.7. The quantitative estimate of drug-likeness (QED) is 0.368. The lowest BCUT2D eigenvalue weighted by atomic mass is 10.1. The van der Waals surface area contributed by atoms with E-state index in [1.807, 2.05) is 30.5 Å². The topological polar surface area (TPSA) is 105 Å². The third-order valence-electron chi connectivity index (χ3n) is 5.84. The molecule has 4 aromatic rings. The van der Waals surface area contributed by atoms with E-state index in [0.29, 0.717) is 39.3 Å². The van der Waals surface area contributed by atoms with E-state index >= 15 is 0 Å². The Hall–Kier alpha value is -4.37. The van der Waals surface area contributed by atoms with Crippen molar-refractivity contribution in [2.75, 3.05) is 28.9 Å². The second-order valence-electron chi connectivity index (χ2n) is 8.11. The molecule has 3 N–H and O–H groups in total. The summed E-state index contributed by atoms with van der Waals surface area (Å²) in [4.78, 5) is 29.9. The molecular weight excluding hydrogens is 472 g/mol. The number of urea groups is 1. The first-order valence-corrected chi connectivity index (χ1v) is 11.2. The van der Waals surface area contributed by atoms with Gasteiger partial charge in [0.05, 0.1) is 12.2 Å². The number of fused-ring (bicyclic) bond motifs is 3. The Balaban J connectivity index is 1.19. The predicted molar refractivity (Wildman–Crippen MR) is 132 cm³/mol. The monoisotopic (exact) mass is 490 g/mol.